The Kier molecular flexibility index (Phi) is 7.99. The Morgan fingerprint density at radius 3 is 2.42 bits per heavy atom. The second kappa shape index (κ2) is 10.3. The van der Waals surface area contributed by atoms with E-state index in [-0.39, 0.29) is 5.54 Å². The van der Waals surface area contributed by atoms with Crippen molar-refractivity contribution in [1.29, 1.82) is 0 Å². The summed E-state index contributed by atoms with van der Waals surface area (Å²) >= 11 is 6.01. The third-order valence-electron chi connectivity index (χ3n) is 5.51. The summed E-state index contributed by atoms with van der Waals surface area (Å²) in [6.07, 6.45) is 2.99. The zero-order valence-electron chi connectivity index (χ0n) is 18.1. The summed E-state index contributed by atoms with van der Waals surface area (Å²) in [6, 6.07) is 14.7. The Bertz CT molecular complexity index is 958. The second-order valence-electron chi connectivity index (χ2n) is 8.78. The summed E-state index contributed by atoms with van der Waals surface area (Å²) in [6.45, 7) is 5.71. The first-order valence-corrected chi connectivity index (χ1v) is 12.5. The van der Waals surface area contributed by atoms with Gasteiger partial charge in [0.2, 0.25) is 0 Å². The number of piperidine rings is 1. The lowest BCUT2D eigenvalue weighted by atomic mass is 9.94. The van der Waals surface area contributed by atoms with E-state index in [1.54, 1.807) is 24.3 Å². The van der Waals surface area contributed by atoms with Crippen LogP contribution in [-0.4, -0.2) is 43.0 Å². The summed E-state index contributed by atoms with van der Waals surface area (Å²) in [7, 11) is -3.50. The number of β-amino-alcohol motifs (C(OH)–C–C–N with tert-alkyl or cyclic N) is 1. The van der Waals surface area contributed by atoms with Gasteiger partial charge in [0, 0.05) is 35.9 Å². The fraction of sp³-hybridized carbons (Fsp3) is 0.478. The lowest BCUT2D eigenvalue weighted by Gasteiger charge is -2.28. The maximum atomic E-state index is 12.5. The van der Waals surface area contributed by atoms with Crippen LogP contribution in [0, 0.1) is 0 Å². The molecule has 0 aliphatic carbocycles. The predicted molar refractivity (Wildman–Crippen MR) is 127 cm³/mol. The average molecular weight is 466 g/mol. The van der Waals surface area contributed by atoms with Gasteiger partial charge in [-0.2, -0.15) is 12.7 Å². The molecule has 0 bridgehead atoms. The number of nitrogens with one attached hydrogen (secondary N) is 2. The zero-order valence-corrected chi connectivity index (χ0v) is 19.7. The van der Waals surface area contributed by atoms with E-state index in [2.05, 4.69) is 23.9 Å². The molecule has 1 heterocycles. The Balaban J connectivity index is 1.54. The van der Waals surface area contributed by atoms with Gasteiger partial charge in [-0.1, -0.05) is 42.3 Å². The summed E-state index contributed by atoms with van der Waals surface area (Å²) in [5.74, 6) is 0. The molecule has 6 nitrogen and oxygen atoms in total. The van der Waals surface area contributed by atoms with Crippen molar-refractivity contribution in [2.24, 2.45) is 0 Å². The first kappa shape index (κ1) is 24.0. The second-order valence-corrected chi connectivity index (χ2v) is 10.9. The molecule has 170 valence electrons. The SMILES string of the molecule is CC(C)(Cc1ccc(NS(=O)(=O)N2CCCCC2)cc1)NC[C@H](O)c1cccc(Cl)c1. The first-order valence-electron chi connectivity index (χ1n) is 10.7. The molecular weight excluding hydrogens is 434 g/mol. The Hall–Kier alpha value is -1.64. The minimum atomic E-state index is -3.50. The number of aliphatic hydroxyl groups excluding tert-OH is 1. The van der Waals surface area contributed by atoms with Crippen LogP contribution in [0.4, 0.5) is 5.69 Å². The maximum absolute atomic E-state index is 12.5. The molecule has 1 aliphatic rings. The monoisotopic (exact) mass is 465 g/mol. The number of anilines is 1. The quantitative estimate of drug-likeness (QED) is 0.520. The molecule has 0 unspecified atom stereocenters. The molecular formula is C23H32ClN3O3S. The van der Waals surface area contributed by atoms with E-state index in [9.17, 15) is 13.5 Å². The largest absolute Gasteiger partial charge is 0.387 e. The molecule has 0 radical (unpaired) electrons. The van der Waals surface area contributed by atoms with Gasteiger partial charge in [-0.05, 0) is 68.5 Å². The van der Waals surface area contributed by atoms with E-state index in [1.807, 2.05) is 24.3 Å². The lowest BCUT2D eigenvalue weighted by Crippen LogP contribution is -2.43. The maximum Gasteiger partial charge on any atom is 0.301 e. The van der Waals surface area contributed by atoms with Gasteiger partial charge in [0.15, 0.2) is 0 Å². The van der Waals surface area contributed by atoms with Gasteiger partial charge in [-0.15, -0.1) is 0 Å². The van der Waals surface area contributed by atoms with Gasteiger partial charge in [0.05, 0.1) is 6.10 Å². The van der Waals surface area contributed by atoms with Crippen LogP contribution in [0.15, 0.2) is 48.5 Å². The number of aliphatic hydroxyl groups is 1. The number of hydrogen-bond acceptors (Lipinski definition) is 4. The molecule has 3 N–H and O–H groups in total. The third kappa shape index (κ3) is 7.19. The number of hydrogen-bond donors (Lipinski definition) is 3. The Morgan fingerprint density at radius 2 is 1.77 bits per heavy atom. The summed E-state index contributed by atoms with van der Waals surface area (Å²) < 4.78 is 29.3. The minimum absolute atomic E-state index is 0.256. The average Bonchev–Trinajstić information content (AvgIpc) is 2.74. The van der Waals surface area contributed by atoms with Crippen LogP contribution in [0.1, 0.15) is 50.3 Å². The molecule has 0 aromatic heterocycles. The van der Waals surface area contributed by atoms with Gasteiger partial charge in [0.1, 0.15) is 0 Å². The normalized spacial score (nSPS) is 16.8. The molecule has 1 saturated heterocycles. The van der Waals surface area contributed by atoms with Crippen LogP contribution in [0.2, 0.25) is 5.02 Å². The predicted octanol–water partition coefficient (Wildman–Crippen LogP) is 4.13. The smallest absolute Gasteiger partial charge is 0.301 e. The van der Waals surface area contributed by atoms with Crippen LogP contribution in [0.5, 0.6) is 0 Å². The number of rotatable bonds is 9. The standard InChI is InChI=1S/C23H32ClN3O3S/c1-23(2,25-17-22(28)19-7-6-8-20(24)15-19)16-18-9-11-21(12-10-18)26-31(29,30)27-13-4-3-5-14-27/h6-12,15,22,25-26,28H,3-5,13-14,16-17H2,1-2H3/t22-/m0/s1. The minimum Gasteiger partial charge on any atom is -0.387 e. The first-order chi connectivity index (χ1) is 14.6. The van der Waals surface area contributed by atoms with Crippen molar-refractivity contribution in [3.8, 4) is 0 Å². The molecule has 0 saturated carbocycles. The van der Waals surface area contributed by atoms with E-state index in [4.69, 9.17) is 11.6 Å². The van der Waals surface area contributed by atoms with E-state index < -0.39 is 16.3 Å². The summed E-state index contributed by atoms with van der Waals surface area (Å²) in [5.41, 5.74) is 2.17. The highest BCUT2D eigenvalue weighted by atomic mass is 35.5. The number of halogens is 1. The van der Waals surface area contributed by atoms with Gasteiger partial charge in [-0.3, -0.25) is 4.72 Å². The highest BCUT2D eigenvalue weighted by Gasteiger charge is 2.24. The van der Waals surface area contributed by atoms with Crippen LogP contribution >= 0.6 is 11.6 Å². The molecule has 1 atom stereocenters. The van der Waals surface area contributed by atoms with Gasteiger partial charge in [0.25, 0.3) is 0 Å². The number of benzene rings is 2. The van der Waals surface area contributed by atoms with E-state index in [0.717, 1.165) is 36.8 Å². The Labute approximate surface area is 190 Å². The van der Waals surface area contributed by atoms with Crippen LogP contribution in [-0.2, 0) is 16.6 Å². The molecule has 2 aromatic carbocycles. The van der Waals surface area contributed by atoms with Gasteiger partial charge >= 0.3 is 10.2 Å². The molecule has 31 heavy (non-hydrogen) atoms. The van der Waals surface area contributed by atoms with Crippen molar-refractivity contribution in [3.63, 3.8) is 0 Å². The van der Waals surface area contributed by atoms with Crippen molar-refractivity contribution in [1.82, 2.24) is 9.62 Å². The lowest BCUT2D eigenvalue weighted by molar-refractivity contribution is 0.160. The van der Waals surface area contributed by atoms with Crippen molar-refractivity contribution < 1.29 is 13.5 Å². The molecule has 0 amide bonds. The highest BCUT2D eigenvalue weighted by Crippen LogP contribution is 2.21. The molecule has 2 aromatic rings. The molecule has 0 spiro atoms. The van der Waals surface area contributed by atoms with Gasteiger partial charge < -0.3 is 10.4 Å². The van der Waals surface area contributed by atoms with E-state index >= 15 is 0 Å². The van der Waals surface area contributed by atoms with E-state index in [1.165, 1.54) is 4.31 Å². The Morgan fingerprint density at radius 1 is 1.10 bits per heavy atom. The van der Waals surface area contributed by atoms with Crippen LogP contribution in [0.3, 0.4) is 0 Å². The third-order valence-corrected chi connectivity index (χ3v) is 7.28. The fourth-order valence-corrected chi connectivity index (χ4v) is 5.29. The van der Waals surface area contributed by atoms with E-state index in [0.29, 0.717) is 30.3 Å². The van der Waals surface area contributed by atoms with Crippen molar-refractivity contribution >= 4 is 27.5 Å². The van der Waals surface area contributed by atoms with Crippen molar-refractivity contribution in [3.05, 3.63) is 64.7 Å². The van der Waals surface area contributed by atoms with Crippen molar-refractivity contribution in [2.45, 2.75) is 51.2 Å². The molecule has 3 rings (SSSR count). The zero-order chi connectivity index (χ0) is 22.5. The summed E-state index contributed by atoms with van der Waals surface area (Å²) in [5, 5.41) is 14.4. The topological polar surface area (TPSA) is 81.7 Å². The van der Waals surface area contributed by atoms with Crippen LogP contribution < -0.4 is 10.0 Å². The summed E-state index contributed by atoms with van der Waals surface area (Å²) in [4.78, 5) is 0. The van der Waals surface area contributed by atoms with Gasteiger partial charge in [-0.25, -0.2) is 0 Å². The number of nitrogens with zero attached hydrogens (tertiary/aromatic N) is 1. The van der Waals surface area contributed by atoms with Crippen molar-refractivity contribution in [2.75, 3.05) is 24.4 Å². The molecule has 8 heteroatoms. The fourth-order valence-electron chi connectivity index (χ4n) is 3.79. The molecule has 1 aliphatic heterocycles. The van der Waals surface area contributed by atoms with Crippen LogP contribution in [0.25, 0.3) is 0 Å². The highest BCUT2D eigenvalue weighted by molar-refractivity contribution is 7.90. The molecule has 1 fully saturated rings.